The minimum atomic E-state index is 0.393. The number of rotatable bonds is 2. The summed E-state index contributed by atoms with van der Waals surface area (Å²) in [7, 11) is 0. The van der Waals surface area contributed by atoms with E-state index in [-0.39, 0.29) is 0 Å². The summed E-state index contributed by atoms with van der Waals surface area (Å²) < 4.78 is 0. The van der Waals surface area contributed by atoms with Crippen molar-refractivity contribution in [1.29, 1.82) is 0 Å². The molecule has 21 heavy (non-hydrogen) atoms. The predicted molar refractivity (Wildman–Crippen MR) is 82.5 cm³/mol. The van der Waals surface area contributed by atoms with Crippen molar-refractivity contribution in [3.63, 3.8) is 0 Å². The molecule has 5 nitrogen and oxygen atoms in total. The molecule has 2 aliphatic heterocycles. The zero-order valence-electron chi connectivity index (χ0n) is 12.2. The van der Waals surface area contributed by atoms with Crippen molar-refractivity contribution in [2.75, 3.05) is 36.0 Å². The molecule has 4 heterocycles. The fourth-order valence-corrected chi connectivity index (χ4v) is 3.45. The molecule has 0 unspecified atom stereocenters. The van der Waals surface area contributed by atoms with E-state index in [1.165, 1.54) is 6.42 Å². The molecule has 2 saturated heterocycles. The molecule has 1 spiro atoms. The molecular formula is C16H19N5. The first kappa shape index (κ1) is 12.6. The third kappa shape index (κ3) is 2.22. The van der Waals surface area contributed by atoms with Crippen molar-refractivity contribution in [3.05, 3.63) is 42.4 Å². The third-order valence-corrected chi connectivity index (χ3v) is 4.52. The molecule has 0 saturated carbocycles. The summed E-state index contributed by atoms with van der Waals surface area (Å²) in [5.74, 6) is 1.97. The Morgan fingerprint density at radius 1 is 1.00 bits per heavy atom. The van der Waals surface area contributed by atoms with Gasteiger partial charge in [-0.1, -0.05) is 6.07 Å². The van der Waals surface area contributed by atoms with Gasteiger partial charge in [-0.05, 0) is 31.5 Å². The first-order chi connectivity index (χ1) is 10.2. The van der Waals surface area contributed by atoms with Gasteiger partial charge < -0.3 is 9.80 Å². The Balaban J connectivity index is 1.43. The molecule has 5 heteroatoms. The Hall–Kier alpha value is -2.17. The highest BCUT2D eigenvalue weighted by Gasteiger charge is 2.48. The molecule has 0 radical (unpaired) electrons. The second-order valence-electron chi connectivity index (χ2n) is 6.21. The molecule has 2 aromatic rings. The van der Waals surface area contributed by atoms with Crippen LogP contribution in [0.25, 0.3) is 0 Å². The minimum Gasteiger partial charge on any atom is -0.355 e. The number of nitrogens with zero attached hydrogens (tertiary/aromatic N) is 5. The largest absolute Gasteiger partial charge is 0.355 e. The molecule has 108 valence electrons. The minimum absolute atomic E-state index is 0.393. The first-order valence-corrected chi connectivity index (χ1v) is 7.45. The summed E-state index contributed by atoms with van der Waals surface area (Å²) in [6.45, 7) is 6.33. The maximum Gasteiger partial charge on any atom is 0.225 e. The third-order valence-electron chi connectivity index (χ3n) is 4.52. The Bertz CT molecular complexity index is 636. The van der Waals surface area contributed by atoms with Crippen LogP contribution < -0.4 is 9.80 Å². The number of aryl methyl sites for hydroxylation is 1. The Labute approximate surface area is 124 Å². The summed E-state index contributed by atoms with van der Waals surface area (Å²) in [5.41, 5.74) is 1.48. The molecule has 0 aromatic carbocycles. The number of anilines is 2. The van der Waals surface area contributed by atoms with Crippen molar-refractivity contribution in [3.8, 4) is 0 Å². The molecule has 0 N–H and O–H groups in total. The van der Waals surface area contributed by atoms with Gasteiger partial charge >= 0.3 is 0 Å². The van der Waals surface area contributed by atoms with Crippen LogP contribution in [-0.4, -0.2) is 41.1 Å². The monoisotopic (exact) mass is 281 g/mol. The van der Waals surface area contributed by atoms with Crippen LogP contribution in [0.4, 0.5) is 11.8 Å². The van der Waals surface area contributed by atoms with Gasteiger partial charge in [-0.15, -0.1) is 0 Å². The fourth-order valence-electron chi connectivity index (χ4n) is 3.45. The molecule has 2 fully saturated rings. The molecule has 0 aliphatic carbocycles. The van der Waals surface area contributed by atoms with E-state index in [1.807, 2.05) is 31.5 Å². The van der Waals surface area contributed by atoms with Gasteiger partial charge in [-0.3, -0.25) is 0 Å². The Kier molecular flexibility index (Phi) is 2.80. The van der Waals surface area contributed by atoms with E-state index in [9.17, 15) is 0 Å². The molecule has 0 amide bonds. The van der Waals surface area contributed by atoms with Crippen LogP contribution in [0.15, 0.2) is 36.7 Å². The first-order valence-electron chi connectivity index (χ1n) is 7.45. The average Bonchev–Trinajstić information content (AvgIpc) is 2.92. The van der Waals surface area contributed by atoms with E-state index in [1.54, 1.807) is 0 Å². The maximum atomic E-state index is 4.61. The van der Waals surface area contributed by atoms with Gasteiger partial charge in [0.15, 0.2) is 0 Å². The van der Waals surface area contributed by atoms with Crippen LogP contribution in [0, 0.1) is 12.3 Å². The van der Waals surface area contributed by atoms with Gasteiger partial charge in [-0.2, -0.15) is 0 Å². The molecular weight excluding hydrogens is 262 g/mol. The van der Waals surface area contributed by atoms with E-state index in [4.69, 9.17) is 0 Å². The number of hydrogen-bond acceptors (Lipinski definition) is 5. The summed E-state index contributed by atoms with van der Waals surface area (Å²) in [6, 6.07) is 8.10. The zero-order valence-corrected chi connectivity index (χ0v) is 12.2. The van der Waals surface area contributed by atoms with E-state index in [0.29, 0.717) is 5.41 Å². The van der Waals surface area contributed by atoms with Gasteiger partial charge in [0.05, 0.1) is 0 Å². The molecule has 4 rings (SSSR count). The summed E-state index contributed by atoms with van der Waals surface area (Å²) in [4.78, 5) is 18.0. The van der Waals surface area contributed by atoms with Crippen molar-refractivity contribution in [2.24, 2.45) is 5.41 Å². The van der Waals surface area contributed by atoms with Crippen LogP contribution in [-0.2, 0) is 0 Å². The van der Waals surface area contributed by atoms with Crippen molar-refractivity contribution in [2.45, 2.75) is 13.3 Å². The second kappa shape index (κ2) is 4.69. The SMILES string of the molecule is Cc1cccc(N2CC3(CCN(c4ncccn4)C3)C2)n1. The van der Waals surface area contributed by atoms with E-state index >= 15 is 0 Å². The van der Waals surface area contributed by atoms with Crippen LogP contribution in [0.5, 0.6) is 0 Å². The Morgan fingerprint density at radius 2 is 1.76 bits per heavy atom. The number of aromatic nitrogens is 3. The number of pyridine rings is 1. The standard InChI is InChI=1S/C16H19N5/c1-13-4-2-5-14(19-13)21-11-16(12-21)6-9-20(10-16)15-17-7-3-8-18-15/h2-5,7-8H,6,9-12H2,1H3. The summed E-state index contributed by atoms with van der Waals surface area (Å²) in [5, 5.41) is 0. The highest BCUT2D eigenvalue weighted by molar-refractivity contribution is 5.46. The maximum absolute atomic E-state index is 4.61. The van der Waals surface area contributed by atoms with E-state index in [2.05, 4.69) is 36.9 Å². The van der Waals surface area contributed by atoms with Crippen molar-refractivity contribution >= 4 is 11.8 Å². The van der Waals surface area contributed by atoms with Gasteiger partial charge in [0, 0.05) is 49.7 Å². The lowest BCUT2D eigenvalue weighted by atomic mass is 9.79. The predicted octanol–water partition coefficient (Wildman–Crippen LogP) is 1.90. The lowest BCUT2D eigenvalue weighted by Crippen LogP contribution is -2.58. The quantitative estimate of drug-likeness (QED) is 0.841. The second-order valence-corrected chi connectivity index (χ2v) is 6.21. The highest BCUT2D eigenvalue weighted by Crippen LogP contribution is 2.41. The average molecular weight is 281 g/mol. The van der Waals surface area contributed by atoms with E-state index in [0.717, 1.165) is 43.6 Å². The number of hydrogen-bond donors (Lipinski definition) is 0. The van der Waals surface area contributed by atoms with Crippen LogP contribution in [0.1, 0.15) is 12.1 Å². The molecule has 2 aliphatic rings. The fraction of sp³-hybridized carbons (Fsp3) is 0.438. The lowest BCUT2D eigenvalue weighted by molar-refractivity contribution is 0.244. The van der Waals surface area contributed by atoms with Gasteiger partial charge in [0.25, 0.3) is 0 Å². The lowest BCUT2D eigenvalue weighted by Gasteiger charge is -2.48. The van der Waals surface area contributed by atoms with Gasteiger partial charge in [0.2, 0.25) is 5.95 Å². The molecule has 2 aromatic heterocycles. The Morgan fingerprint density at radius 3 is 2.52 bits per heavy atom. The highest BCUT2D eigenvalue weighted by atomic mass is 15.3. The van der Waals surface area contributed by atoms with Gasteiger partial charge in [0.1, 0.15) is 5.82 Å². The molecule has 0 atom stereocenters. The van der Waals surface area contributed by atoms with E-state index < -0.39 is 0 Å². The van der Waals surface area contributed by atoms with Crippen LogP contribution in [0.3, 0.4) is 0 Å². The topological polar surface area (TPSA) is 45.2 Å². The summed E-state index contributed by atoms with van der Waals surface area (Å²) in [6.07, 6.45) is 4.85. The zero-order chi connectivity index (χ0) is 14.3. The van der Waals surface area contributed by atoms with Crippen LogP contribution >= 0.6 is 0 Å². The van der Waals surface area contributed by atoms with Gasteiger partial charge in [-0.25, -0.2) is 15.0 Å². The normalized spacial score (nSPS) is 19.9. The van der Waals surface area contributed by atoms with Crippen molar-refractivity contribution in [1.82, 2.24) is 15.0 Å². The summed E-state index contributed by atoms with van der Waals surface area (Å²) >= 11 is 0. The van der Waals surface area contributed by atoms with Crippen molar-refractivity contribution < 1.29 is 0 Å². The van der Waals surface area contributed by atoms with Crippen LogP contribution in [0.2, 0.25) is 0 Å². The smallest absolute Gasteiger partial charge is 0.225 e. The molecule has 0 bridgehead atoms.